The molecule has 3 N–H and O–H groups in total. The lowest BCUT2D eigenvalue weighted by atomic mass is 10.1. The Morgan fingerprint density at radius 2 is 2.11 bits per heavy atom. The summed E-state index contributed by atoms with van der Waals surface area (Å²) < 4.78 is 14.7. The van der Waals surface area contributed by atoms with Crippen molar-refractivity contribution in [3.8, 4) is 11.3 Å². The number of anilines is 1. The van der Waals surface area contributed by atoms with Gasteiger partial charge in [-0.2, -0.15) is 10.1 Å². The summed E-state index contributed by atoms with van der Waals surface area (Å²) in [5.41, 5.74) is 6.64. The van der Waals surface area contributed by atoms with Crippen LogP contribution in [0.3, 0.4) is 0 Å². The van der Waals surface area contributed by atoms with Gasteiger partial charge in [-0.25, -0.2) is 9.37 Å². The van der Waals surface area contributed by atoms with Gasteiger partial charge >= 0.3 is 0 Å². The van der Waals surface area contributed by atoms with E-state index < -0.39 is 5.82 Å². The Kier molecular flexibility index (Phi) is 2.87. The molecular formula is C11H6BrClFN5. The second-order valence-electron chi connectivity index (χ2n) is 3.79. The third kappa shape index (κ3) is 1.95. The van der Waals surface area contributed by atoms with E-state index in [4.69, 9.17) is 17.3 Å². The molecule has 3 aromatic rings. The topological polar surface area (TPSA) is 80.5 Å². The largest absolute Gasteiger partial charge is 0.368 e. The molecule has 5 nitrogen and oxygen atoms in total. The number of nitrogens with one attached hydrogen (secondary N) is 1. The van der Waals surface area contributed by atoms with Gasteiger partial charge in [0.2, 0.25) is 5.95 Å². The molecule has 3 rings (SSSR count). The molecule has 0 atom stereocenters. The van der Waals surface area contributed by atoms with Crippen LogP contribution in [-0.2, 0) is 0 Å². The van der Waals surface area contributed by atoms with Crippen molar-refractivity contribution < 1.29 is 4.39 Å². The standard InChI is InChI=1S/C11H6BrClFN5/c12-6-2-1-4(8(14)7(6)13)9-5-3-16-19-10(5)18-11(15)17-9/h1-3H,(H3,15,16,17,18,19). The number of nitrogens with two attached hydrogens (primary N) is 1. The molecule has 19 heavy (non-hydrogen) atoms. The smallest absolute Gasteiger partial charge is 0.222 e. The third-order valence-electron chi connectivity index (χ3n) is 2.62. The van der Waals surface area contributed by atoms with E-state index in [1.165, 1.54) is 6.20 Å². The Morgan fingerprint density at radius 3 is 2.89 bits per heavy atom. The Balaban J connectivity index is 2.36. The van der Waals surface area contributed by atoms with Crippen molar-refractivity contribution in [1.82, 2.24) is 20.2 Å². The predicted molar refractivity (Wildman–Crippen MR) is 74.2 cm³/mol. The third-order valence-corrected chi connectivity index (χ3v) is 3.88. The molecule has 0 aliphatic rings. The van der Waals surface area contributed by atoms with Gasteiger partial charge in [0.15, 0.2) is 11.5 Å². The highest BCUT2D eigenvalue weighted by Gasteiger charge is 2.17. The summed E-state index contributed by atoms with van der Waals surface area (Å²) in [7, 11) is 0. The van der Waals surface area contributed by atoms with Crippen molar-refractivity contribution in [3.63, 3.8) is 0 Å². The normalized spacial score (nSPS) is 11.1. The van der Waals surface area contributed by atoms with Crippen LogP contribution < -0.4 is 5.73 Å². The molecule has 0 bridgehead atoms. The van der Waals surface area contributed by atoms with Gasteiger partial charge in [0.05, 0.1) is 22.3 Å². The molecule has 1 aromatic carbocycles. The number of fused-ring (bicyclic) bond motifs is 1. The van der Waals surface area contributed by atoms with Crippen LogP contribution in [0.4, 0.5) is 10.3 Å². The minimum absolute atomic E-state index is 0.00803. The van der Waals surface area contributed by atoms with Crippen LogP contribution in [0.5, 0.6) is 0 Å². The minimum atomic E-state index is -0.573. The van der Waals surface area contributed by atoms with Gasteiger partial charge in [-0.05, 0) is 28.1 Å². The lowest BCUT2D eigenvalue weighted by molar-refractivity contribution is 0.630. The Labute approximate surface area is 120 Å². The number of nitrogens with zero attached hydrogens (tertiary/aromatic N) is 3. The van der Waals surface area contributed by atoms with E-state index in [2.05, 4.69) is 36.1 Å². The van der Waals surface area contributed by atoms with Crippen LogP contribution in [0.15, 0.2) is 22.8 Å². The maximum atomic E-state index is 14.2. The van der Waals surface area contributed by atoms with Gasteiger partial charge in [-0.3, -0.25) is 5.10 Å². The maximum Gasteiger partial charge on any atom is 0.222 e. The van der Waals surface area contributed by atoms with Crippen LogP contribution in [-0.4, -0.2) is 20.2 Å². The lowest BCUT2D eigenvalue weighted by Gasteiger charge is -2.07. The summed E-state index contributed by atoms with van der Waals surface area (Å²) in [4.78, 5) is 8.04. The molecule has 0 radical (unpaired) electrons. The first-order valence-corrected chi connectivity index (χ1v) is 6.35. The van der Waals surface area contributed by atoms with E-state index >= 15 is 0 Å². The fourth-order valence-corrected chi connectivity index (χ4v) is 2.24. The molecule has 8 heteroatoms. The maximum absolute atomic E-state index is 14.2. The van der Waals surface area contributed by atoms with E-state index in [1.54, 1.807) is 12.1 Å². The number of rotatable bonds is 1. The zero-order valence-electron chi connectivity index (χ0n) is 9.28. The van der Waals surface area contributed by atoms with Crippen molar-refractivity contribution in [1.29, 1.82) is 0 Å². The number of aromatic amines is 1. The number of hydrogen-bond donors (Lipinski definition) is 2. The lowest BCUT2D eigenvalue weighted by Crippen LogP contribution is -1.99. The zero-order valence-corrected chi connectivity index (χ0v) is 11.6. The van der Waals surface area contributed by atoms with Gasteiger partial charge in [0.25, 0.3) is 0 Å². The van der Waals surface area contributed by atoms with Gasteiger partial charge in [0, 0.05) is 10.0 Å². The fraction of sp³-hybridized carbons (Fsp3) is 0. The van der Waals surface area contributed by atoms with Crippen LogP contribution in [0, 0.1) is 5.82 Å². The quantitative estimate of drug-likeness (QED) is 0.666. The van der Waals surface area contributed by atoms with E-state index in [-0.39, 0.29) is 16.5 Å². The molecule has 0 aliphatic carbocycles. The zero-order chi connectivity index (χ0) is 13.6. The first-order chi connectivity index (χ1) is 9.08. The molecule has 96 valence electrons. The number of nitrogen functional groups attached to an aromatic ring is 1. The summed E-state index contributed by atoms with van der Waals surface area (Å²) in [6.07, 6.45) is 1.51. The Hall–Kier alpha value is -1.73. The van der Waals surface area contributed by atoms with Crippen LogP contribution in [0.2, 0.25) is 5.02 Å². The van der Waals surface area contributed by atoms with Crippen molar-refractivity contribution >= 4 is 44.5 Å². The average molecular weight is 343 g/mol. The van der Waals surface area contributed by atoms with Gasteiger partial charge in [-0.15, -0.1) is 0 Å². The molecule has 0 spiro atoms. The second-order valence-corrected chi connectivity index (χ2v) is 5.02. The van der Waals surface area contributed by atoms with Crippen LogP contribution in [0.1, 0.15) is 0 Å². The van der Waals surface area contributed by atoms with Gasteiger partial charge < -0.3 is 5.73 Å². The molecular weight excluding hydrogens is 337 g/mol. The summed E-state index contributed by atoms with van der Waals surface area (Å²) in [5, 5.41) is 7.09. The fourth-order valence-electron chi connectivity index (χ4n) is 1.77. The molecule has 0 saturated carbocycles. The van der Waals surface area contributed by atoms with Gasteiger partial charge in [0.1, 0.15) is 0 Å². The van der Waals surface area contributed by atoms with Crippen LogP contribution in [0.25, 0.3) is 22.3 Å². The minimum Gasteiger partial charge on any atom is -0.368 e. The van der Waals surface area contributed by atoms with Crippen molar-refractivity contribution in [2.24, 2.45) is 0 Å². The average Bonchev–Trinajstić information content (AvgIpc) is 2.83. The van der Waals surface area contributed by atoms with E-state index in [0.29, 0.717) is 21.2 Å². The molecule has 0 amide bonds. The number of benzene rings is 1. The first kappa shape index (κ1) is 12.3. The summed E-state index contributed by atoms with van der Waals surface area (Å²) in [6, 6.07) is 3.21. The number of halogens is 3. The first-order valence-electron chi connectivity index (χ1n) is 5.18. The van der Waals surface area contributed by atoms with Gasteiger partial charge in [-0.1, -0.05) is 11.6 Å². The second kappa shape index (κ2) is 4.43. The number of hydrogen-bond acceptors (Lipinski definition) is 4. The summed E-state index contributed by atoms with van der Waals surface area (Å²) >= 11 is 9.04. The predicted octanol–water partition coefficient (Wildman–Crippen LogP) is 3.16. The van der Waals surface area contributed by atoms with E-state index in [1.807, 2.05) is 0 Å². The van der Waals surface area contributed by atoms with Crippen molar-refractivity contribution in [2.45, 2.75) is 0 Å². The van der Waals surface area contributed by atoms with Crippen LogP contribution >= 0.6 is 27.5 Å². The molecule has 0 saturated heterocycles. The molecule has 0 fully saturated rings. The highest BCUT2D eigenvalue weighted by molar-refractivity contribution is 9.10. The highest BCUT2D eigenvalue weighted by Crippen LogP contribution is 2.34. The van der Waals surface area contributed by atoms with E-state index in [0.717, 1.165) is 0 Å². The van der Waals surface area contributed by atoms with E-state index in [9.17, 15) is 4.39 Å². The van der Waals surface area contributed by atoms with Crippen molar-refractivity contribution in [2.75, 3.05) is 5.73 Å². The van der Waals surface area contributed by atoms with Crippen molar-refractivity contribution in [3.05, 3.63) is 33.6 Å². The summed E-state index contributed by atoms with van der Waals surface area (Å²) in [5.74, 6) is -0.540. The summed E-state index contributed by atoms with van der Waals surface area (Å²) in [6.45, 7) is 0. The Morgan fingerprint density at radius 1 is 1.32 bits per heavy atom. The SMILES string of the molecule is Nc1nc(-c2ccc(Br)c(Cl)c2F)c2cn[nH]c2n1. The molecule has 2 aromatic heterocycles. The highest BCUT2D eigenvalue weighted by atomic mass is 79.9. The monoisotopic (exact) mass is 341 g/mol. The molecule has 0 unspecified atom stereocenters. The number of aromatic nitrogens is 4. The molecule has 2 heterocycles. The Bertz CT molecular complexity index is 788. The number of H-pyrrole nitrogens is 1. The molecule has 0 aliphatic heterocycles.